The van der Waals surface area contributed by atoms with Crippen molar-refractivity contribution in [1.29, 1.82) is 0 Å². The fraction of sp³-hybridized carbons (Fsp3) is 0.333. The van der Waals surface area contributed by atoms with Gasteiger partial charge in [-0.1, -0.05) is 6.07 Å². The first-order valence-electron chi connectivity index (χ1n) is 6.13. The molecule has 0 saturated carbocycles. The van der Waals surface area contributed by atoms with E-state index in [4.69, 9.17) is 9.76 Å². The lowest BCUT2D eigenvalue weighted by Crippen LogP contribution is -2.46. The predicted molar refractivity (Wildman–Crippen MR) is 71.7 cm³/mol. The molecule has 0 unspecified atom stereocenters. The van der Waals surface area contributed by atoms with Crippen LogP contribution in [-0.4, -0.2) is 48.8 Å². The molecule has 106 valence electrons. The van der Waals surface area contributed by atoms with Crippen LogP contribution in [0.3, 0.4) is 0 Å². The molecule has 2 rings (SSSR count). The molecule has 1 aliphatic rings. The molecule has 20 heavy (non-hydrogen) atoms. The number of likely N-dealkylation sites (N-methyl/N-ethyl adjacent to an activating group) is 1. The van der Waals surface area contributed by atoms with Gasteiger partial charge in [0.25, 0.3) is 5.91 Å². The van der Waals surface area contributed by atoms with Gasteiger partial charge in [-0.15, -0.1) is 0 Å². The summed E-state index contributed by atoms with van der Waals surface area (Å²) in [6, 6.07) is 3.77. The van der Waals surface area contributed by atoms with E-state index in [9.17, 15) is 14.6 Å². The van der Waals surface area contributed by atoms with Crippen LogP contribution >= 0.6 is 0 Å². The van der Waals surface area contributed by atoms with E-state index < -0.39 is 25.0 Å². The molecule has 0 bridgehead atoms. The van der Waals surface area contributed by atoms with Crippen LogP contribution < -0.4 is 16.1 Å². The summed E-state index contributed by atoms with van der Waals surface area (Å²) in [5.74, 6) is -1.62. The van der Waals surface area contributed by atoms with Gasteiger partial charge in [0, 0.05) is 12.1 Å². The van der Waals surface area contributed by atoms with Crippen LogP contribution in [0.4, 0.5) is 0 Å². The van der Waals surface area contributed by atoms with Gasteiger partial charge in [0.1, 0.15) is 6.04 Å². The Morgan fingerprint density at radius 3 is 2.90 bits per heavy atom. The number of carboxylic acids is 1. The van der Waals surface area contributed by atoms with Crippen molar-refractivity contribution < 1.29 is 24.4 Å². The van der Waals surface area contributed by atoms with Gasteiger partial charge in [0.05, 0.1) is 6.61 Å². The molecule has 0 spiro atoms. The fourth-order valence-corrected chi connectivity index (χ4v) is 2.00. The van der Waals surface area contributed by atoms with Crippen LogP contribution in [0.25, 0.3) is 0 Å². The van der Waals surface area contributed by atoms with Crippen molar-refractivity contribution in [3.05, 3.63) is 29.3 Å². The van der Waals surface area contributed by atoms with Gasteiger partial charge >= 0.3 is 13.1 Å². The fourth-order valence-electron chi connectivity index (χ4n) is 2.00. The number of nitrogens with one attached hydrogen (secondary N) is 2. The number of amides is 1. The summed E-state index contributed by atoms with van der Waals surface area (Å²) in [7, 11) is 0.566. The van der Waals surface area contributed by atoms with Gasteiger partial charge in [-0.2, -0.15) is 0 Å². The number of carbonyl (C=O) groups is 2. The van der Waals surface area contributed by atoms with Crippen molar-refractivity contribution in [2.24, 2.45) is 0 Å². The number of fused-ring (bicyclic) bond motifs is 1. The Balaban J connectivity index is 2.13. The Labute approximate surface area is 116 Å². The van der Waals surface area contributed by atoms with Gasteiger partial charge in [0.15, 0.2) is 0 Å². The predicted octanol–water partition coefficient (Wildman–Crippen LogP) is -1.69. The van der Waals surface area contributed by atoms with Crippen LogP contribution in [0.2, 0.25) is 0 Å². The van der Waals surface area contributed by atoms with Crippen LogP contribution in [0.15, 0.2) is 18.2 Å². The molecule has 0 fully saturated rings. The third kappa shape index (κ3) is 2.98. The summed E-state index contributed by atoms with van der Waals surface area (Å²) < 4.78 is 5.04. The van der Waals surface area contributed by atoms with Crippen molar-refractivity contribution in [1.82, 2.24) is 10.6 Å². The zero-order valence-corrected chi connectivity index (χ0v) is 10.9. The average molecular weight is 278 g/mol. The minimum atomic E-state index is -1.11. The zero-order valence-electron chi connectivity index (χ0n) is 10.9. The summed E-state index contributed by atoms with van der Waals surface area (Å²) >= 11 is 0. The molecule has 7 nitrogen and oxygen atoms in total. The highest BCUT2D eigenvalue weighted by atomic mass is 16.5. The van der Waals surface area contributed by atoms with E-state index >= 15 is 0 Å². The molecular weight excluding hydrogens is 263 g/mol. The second kappa shape index (κ2) is 6.04. The summed E-state index contributed by atoms with van der Waals surface area (Å²) in [5, 5.41) is 23.7. The molecule has 0 radical (unpaired) electrons. The quantitative estimate of drug-likeness (QED) is 0.478. The molecule has 0 saturated heterocycles. The average Bonchev–Trinajstić information content (AvgIpc) is 2.79. The monoisotopic (exact) mass is 278 g/mol. The highest BCUT2D eigenvalue weighted by Gasteiger charge is 2.28. The zero-order chi connectivity index (χ0) is 14.7. The third-order valence-electron chi connectivity index (χ3n) is 3.08. The van der Waals surface area contributed by atoms with Crippen molar-refractivity contribution in [3.8, 4) is 0 Å². The molecule has 1 aliphatic heterocycles. The third-order valence-corrected chi connectivity index (χ3v) is 3.08. The number of rotatable bonds is 5. The molecule has 1 amide bonds. The van der Waals surface area contributed by atoms with Crippen LogP contribution in [0.1, 0.15) is 15.9 Å². The number of hydrogen-bond acceptors (Lipinski definition) is 5. The highest BCUT2D eigenvalue weighted by molar-refractivity contribution is 6.61. The van der Waals surface area contributed by atoms with Crippen molar-refractivity contribution in [3.63, 3.8) is 0 Å². The minimum absolute atomic E-state index is 0.123. The first-order chi connectivity index (χ1) is 9.52. The summed E-state index contributed by atoms with van der Waals surface area (Å²) in [6.07, 6.45) is 0. The van der Waals surface area contributed by atoms with Gasteiger partial charge in [0.2, 0.25) is 0 Å². The van der Waals surface area contributed by atoms with Crippen molar-refractivity contribution in [2.75, 3.05) is 13.6 Å². The molecule has 1 heterocycles. The number of hydrogen-bond donors (Lipinski definition) is 4. The number of benzene rings is 1. The topological polar surface area (TPSA) is 108 Å². The van der Waals surface area contributed by atoms with E-state index in [-0.39, 0.29) is 12.1 Å². The Morgan fingerprint density at radius 2 is 2.25 bits per heavy atom. The SMILES string of the molecule is CNC[C@H](NC(=O)c1ccc2c(c1)B(O)OC2)C(=O)O. The van der Waals surface area contributed by atoms with Gasteiger partial charge in [-0.25, -0.2) is 4.79 Å². The van der Waals surface area contributed by atoms with Crippen LogP contribution in [0.5, 0.6) is 0 Å². The maximum atomic E-state index is 12.0. The van der Waals surface area contributed by atoms with E-state index in [1.54, 1.807) is 19.2 Å². The number of aliphatic carboxylic acids is 1. The van der Waals surface area contributed by atoms with E-state index in [1.165, 1.54) is 6.07 Å². The number of carboxylic acid groups (broad SMARTS) is 1. The smallest absolute Gasteiger partial charge is 0.480 e. The first kappa shape index (κ1) is 14.5. The lowest BCUT2D eigenvalue weighted by atomic mass is 9.79. The first-order valence-corrected chi connectivity index (χ1v) is 6.13. The largest absolute Gasteiger partial charge is 0.491 e. The van der Waals surface area contributed by atoms with Gasteiger partial charge in [-0.3, -0.25) is 4.79 Å². The Morgan fingerprint density at radius 1 is 1.50 bits per heavy atom. The summed E-state index contributed by atoms with van der Waals surface area (Å²) in [5.41, 5.74) is 1.65. The lowest BCUT2D eigenvalue weighted by Gasteiger charge is -2.14. The molecule has 1 aromatic rings. The maximum absolute atomic E-state index is 12.0. The number of carbonyl (C=O) groups excluding carboxylic acids is 1. The molecule has 1 atom stereocenters. The minimum Gasteiger partial charge on any atom is -0.480 e. The molecule has 8 heteroatoms. The van der Waals surface area contributed by atoms with Crippen LogP contribution in [-0.2, 0) is 16.1 Å². The van der Waals surface area contributed by atoms with E-state index in [1.807, 2.05) is 0 Å². The Kier molecular flexibility index (Phi) is 4.38. The highest BCUT2D eigenvalue weighted by Crippen LogP contribution is 2.11. The lowest BCUT2D eigenvalue weighted by molar-refractivity contribution is -0.139. The van der Waals surface area contributed by atoms with Gasteiger partial charge in [-0.05, 0) is 30.2 Å². The Bertz CT molecular complexity index is 537. The van der Waals surface area contributed by atoms with Crippen molar-refractivity contribution in [2.45, 2.75) is 12.6 Å². The second-order valence-electron chi connectivity index (χ2n) is 4.50. The normalized spacial score (nSPS) is 14.8. The van der Waals surface area contributed by atoms with E-state index in [0.717, 1.165) is 5.56 Å². The van der Waals surface area contributed by atoms with E-state index in [2.05, 4.69) is 10.6 Å². The molecule has 0 aromatic heterocycles. The van der Waals surface area contributed by atoms with Crippen molar-refractivity contribution >= 4 is 24.5 Å². The summed E-state index contributed by atoms with van der Waals surface area (Å²) in [4.78, 5) is 23.0. The molecule has 0 aliphatic carbocycles. The second-order valence-corrected chi connectivity index (χ2v) is 4.50. The summed E-state index contributed by atoms with van der Waals surface area (Å²) in [6.45, 7) is 0.424. The molecular formula is C12H15BN2O5. The van der Waals surface area contributed by atoms with Gasteiger partial charge < -0.3 is 25.4 Å². The molecule has 1 aromatic carbocycles. The standard InChI is InChI=1S/C12H15BN2O5/c1-14-5-10(12(17)18)15-11(16)7-2-3-8-6-20-13(19)9(8)4-7/h2-4,10,14,19H,5-6H2,1H3,(H,15,16)(H,17,18)/t10-/m0/s1. The molecule has 4 N–H and O–H groups in total. The maximum Gasteiger partial charge on any atom is 0.491 e. The van der Waals surface area contributed by atoms with E-state index in [0.29, 0.717) is 12.1 Å². The Hall–Kier alpha value is -1.90. The van der Waals surface area contributed by atoms with Crippen LogP contribution in [0, 0.1) is 0 Å².